The summed E-state index contributed by atoms with van der Waals surface area (Å²) in [5, 5.41) is 2.83. The van der Waals surface area contributed by atoms with Crippen molar-refractivity contribution in [3.8, 4) is 0 Å². The van der Waals surface area contributed by atoms with E-state index in [0.29, 0.717) is 6.54 Å². The Balaban J connectivity index is -0.000000845. The Morgan fingerprint density at radius 1 is 1.31 bits per heavy atom. The molecule has 1 atom stereocenters. The predicted octanol–water partition coefficient (Wildman–Crippen LogP) is 0.881. The van der Waals surface area contributed by atoms with Gasteiger partial charge in [-0.1, -0.05) is 13.8 Å². The fourth-order valence-corrected chi connectivity index (χ4v) is 1.03. The van der Waals surface area contributed by atoms with Gasteiger partial charge >= 0.3 is 0 Å². The number of carbonyl (C=O) groups excluding carboxylic acids is 1. The van der Waals surface area contributed by atoms with E-state index < -0.39 is 0 Å². The van der Waals surface area contributed by atoms with Crippen molar-refractivity contribution in [3.05, 3.63) is 0 Å². The lowest BCUT2D eigenvalue weighted by Crippen LogP contribution is -2.44. The molecule has 0 heterocycles. The van der Waals surface area contributed by atoms with Crippen LogP contribution in [-0.4, -0.2) is 44.0 Å². The zero-order valence-electron chi connectivity index (χ0n) is 10.5. The van der Waals surface area contributed by atoms with Crippen molar-refractivity contribution in [1.29, 1.82) is 0 Å². The quantitative estimate of drug-likeness (QED) is 0.707. The highest BCUT2D eigenvalue weighted by atomic mass is 35.5. The van der Waals surface area contributed by atoms with Gasteiger partial charge < -0.3 is 16.0 Å². The molecule has 0 radical (unpaired) electrons. The Morgan fingerprint density at radius 3 is 2.19 bits per heavy atom. The molecule has 3 N–H and O–H groups in total. The predicted molar refractivity (Wildman–Crippen MR) is 73.5 cm³/mol. The first-order valence-electron chi connectivity index (χ1n) is 5.13. The van der Waals surface area contributed by atoms with Gasteiger partial charge in [0.05, 0.1) is 6.04 Å². The SMILES string of the molecule is CC(C)C(N)C(=O)NCCCN(C)C.Cl.Cl. The fourth-order valence-electron chi connectivity index (χ4n) is 1.03. The minimum atomic E-state index is -0.380. The first kappa shape index (κ1) is 21.3. The summed E-state index contributed by atoms with van der Waals surface area (Å²) in [6.45, 7) is 5.59. The van der Waals surface area contributed by atoms with Gasteiger partial charge in [-0.05, 0) is 33.0 Å². The second-order valence-corrected chi connectivity index (χ2v) is 4.22. The van der Waals surface area contributed by atoms with E-state index >= 15 is 0 Å². The molecule has 100 valence electrons. The molecule has 0 aromatic heterocycles. The molecule has 6 heteroatoms. The maximum atomic E-state index is 11.4. The van der Waals surface area contributed by atoms with Crippen LogP contribution in [0.15, 0.2) is 0 Å². The molecule has 0 fully saturated rings. The third-order valence-corrected chi connectivity index (χ3v) is 2.10. The lowest BCUT2D eigenvalue weighted by molar-refractivity contribution is -0.123. The molecule has 4 nitrogen and oxygen atoms in total. The number of hydrogen-bond donors (Lipinski definition) is 2. The van der Waals surface area contributed by atoms with Gasteiger partial charge in [0.15, 0.2) is 0 Å². The summed E-state index contributed by atoms with van der Waals surface area (Å²) in [5.74, 6) is 0.155. The van der Waals surface area contributed by atoms with Crippen molar-refractivity contribution in [2.24, 2.45) is 11.7 Å². The smallest absolute Gasteiger partial charge is 0.237 e. The van der Waals surface area contributed by atoms with Gasteiger partial charge in [0.1, 0.15) is 0 Å². The van der Waals surface area contributed by atoms with E-state index in [1.165, 1.54) is 0 Å². The van der Waals surface area contributed by atoms with Crippen LogP contribution >= 0.6 is 24.8 Å². The molecule has 0 aliphatic rings. The molecule has 0 aliphatic carbocycles. The lowest BCUT2D eigenvalue weighted by atomic mass is 10.1. The van der Waals surface area contributed by atoms with Crippen molar-refractivity contribution in [1.82, 2.24) is 10.2 Å². The van der Waals surface area contributed by atoms with Gasteiger partial charge in [-0.15, -0.1) is 24.8 Å². The molecule has 0 rings (SSSR count). The molecule has 16 heavy (non-hydrogen) atoms. The van der Waals surface area contributed by atoms with Crippen LogP contribution in [0.5, 0.6) is 0 Å². The maximum absolute atomic E-state index is 11.4. The van der Waals surface area contributed by atoms with E-state index in [-0.39, 0.29) is 42.7 Å². The average molecular weight is 274 g/mol. The van der Waals surface area contributed by atoms with Crippen LogP contribution in [0.3, 0.4) is 0 Å². The molecular formula is C10H25Cl2N3O. The highest BCUT2D eigenvalue weighted by molar-refractivity contribution is 5.85. The normalized spacial score (nSPS) is 11.7. The van der Waals surface area contributed by atoms with Gasteiger partial charge in [0, 0.05) is 6.54 Å². The third kappa shape index (κ3) is 10.5. The van der Waals surface area contributed by atoms with Crippen molar-refractivity contribution < 1.29 is 4.79 Å². The van der Waals surface area contributed by atoms with Crippen molar-refractivity contribution >= 4 is 30.7 Å². The number of nitrogens with zero attached hydrogens (tertiary/aromatic N) is 1. The molecular weight excluding hydrogens is 249 g/mol. The van der Waals surface area contributed by atoms with Crippen LogP contribution in [0, 0.1) is 5.92 Å². The van der Waals surface area contributed by atoms with E-state index in [1.54, 1.807) is 0 Å². The highest BCUT2D eigenvalue weighted by Gasteiger charge is 2.15. The van der Waals surface area contributed by atoms with E-state index in [0.717, 1.165) is 13.0 Å². The second-order valence-electron chi connectivity index (χ2n) is 4.22. The Hall–Kier alpha value is -0.0300. The number of rotatable bonds is 6. The first-order chi connectivity index (χ1) is 6.45. The molecule has 1 unspecified atom stereocenters. The minimum absolute atomic E-state index is 0. The number of hydrogen-bond acceptors (Lipinski definition) is 3. The molecule has 0 aromatic carbocycles. The largest absolute Gasteiger partial charge is 0.355 e. The second kappa shape index (κ2) is 11.5. The van der Waals surface area contributed by atoms with Crippen LogP contribution < -0.4 is 11.1 Å². The summed E-state index contributed by atoms with van der Waals surface area (Å²) in [4.78, 5) is 13.5. The fraction of sp³-hybridized carbons (Fsp3) is 0.900. The van der Waals surface area contributed by atoms with Crippen LogP contribution in [0.4, 0.5) is 0 Å². The topological polar surface area (TPSA) is 58.4 Å². The average Bonchev–Trinajstić information content (AvgIpc) is 2.10. The van der Waals surface area contributed by atoms with Crippen LogP contribution in [0.1, 0.15) is 20.3 Å². The van der Waals surface area contributed by atoms with Gasteiger partial charge in [-0.25, -0.2) is 0 Å². The lowest BCUT2D eigenvalue weighted by Gasteiger charge is -2.15. The van der Waals surface area contributed by atoms with Crippen LogP contribution in [0.25, 0.3) is 0 Å². The van der Waals surface area contributed by atoms with Crippen LogP contribution in [-0.2, 0) is 4.79 Å². The number of nitrogens with two attached hydrogens (primary N) is 1. The molecule has 0 spiro atoms. The standard InChI is InChI=1S/C10H23N3O.2ClH/c1-8(2)9(11)10(14)12-6-5-7-13(3)4;;/h8-9H,5-7,11H2,1-4H3,(H,12,14);2*1H. The van der Waals surface area contributed by atoms with E-state index in [9.17, 15) is 4.79 Å². The maximum Gasteiger partial charge on any atom is 0.237 e. The van der Waals surface area contributed by atoms with Crippen LogP contribution in [0.2, 0.25) is 0 Å². The first-order valence-corrected chi connectivity index (χ1v) is 5.13. The zero-order valence-corrected chi connectivity index (χ0v) is 12.2. The van der Waals surface area contributed by atoms with Gasteiger partial charge in [0.25, 0.3) is 0 Å². The van der Waals surface area contributed by atoms with E-state index in [4.69, 9.17) is 5.73 Å². The summed E-state index contributed by atoms with van der Waals surface area (Å²) in [6.07, 6.45) is 0.962. The molecule has 0 saturated carbocycles. The minimum Gasteiger partial charge on any atom is -0.355 e. The highest BCUT2D eigenvalue weighted by Crippen LogP contribution is 1.97. The molecule has 0 aromatic rings. The Kier molecular flexibility index (Phi) is 15.2. The van der Waals surface area contributed by atoms with Gasteiger partial charge in [-0.2, -0.15) is 0 Å². The van der Waals surface area contributed by atoms with E-state index in [1.807, 2.05) is 27.9 Å². The Labute approximate surface area is 111 Å². The summed E-state index contributed by atoms with van der Waals surface area (Å²) >= 11 is 0. The monoisotopic (exact) mass is 273 g/mol. The zero-order chi connectivity index (χ0) is 11.1. The Morgan fingerprint density at radius 2 is 1.81 bits per heavy atom. The number of nitrogens with one attached hydrogen (secondary N) is 1. The summed E-state index contributed by atoms with van der Waals surface area (Å²) < 4.78 is 0. The van der Waals surface area contributed by atoms with Crippen molar-refractivity contribution in [2.75, 3.05) is 27.2 Å². The molecule has 1 amide bonds. The summed E-state index contributed by atoms with van der Waals surface area (Å²) in [7, 11) is 4.03. The molecule has 0 bridgehead atoms. The van der Waals surface area contributed by atoms with Crippen molar-refractivity contribution in [2.45, 2.75) is 26.3 Å². The summed E-state index contributed by atoms with van der Waals surface area (Å²) in [6, 6.07) is -0.380. The molecule has 0 saturated heterocycles. The van der Waals surface area contributed by atoms with Crippen molar-refractivity contribution in [3.63, 3.8) is 0 Å². The molecule has 0 aliphatic heterocycles. The van der Waals surface area contributed by atoms with E-state index in [2.05, 4.69) is 10.2 Å². The summed E-state index contributed by atoms with van der Waals surface area (Å²) in [5.41, 5.74) is 5.68. The Bertz CT molecular complexity index is 177. The number of amides is 1. The number of carbonyl (C=O) groups is 1. The van der Waals surface area contributed by atoms with Gasteiger partial charge in [0.2, 0.25) is 5.91 Å². The van der Waals surface area contributed by atoms with Gasteiger partial charge in [-0.3, -0.25) is 4.79 Å². The third-order valence-electron chi connectivity index (χ3n) is 2.10. The number of halogens is 2.